The zero-order valence-electron chi connectivity index (χ0n) is 10.5. The van der Waals surface area contributed by atoms with Gasteiger partial charge >= 0.3 is 0 Å². The van der Waals surface area contributed by atoms with Crippen LogP contribution in [0, 0.1) is 6.92 Å². The lowest BCUT2D eigenvalue weighted by Crippen LogP contribution is -2.26. The number of thiophene rings is 1. The molecule has 0 bridgehead atoms. The van der Waals surface area contributed by atoms with Gasteiger partial charge in [-0.2, -0.15) is 0 Å². The predicted molar refractivity (Wildman–Crippen MR) is 69.8 cm³/mol. The second-order valence-electron chi connectivity index (χ2n) is 3.86. The van der Waals surface area contributed by atoms with Gasteiger partial charge in [-0.1, -0.05) is 6.92 Å². The van der Waals surface area contributed by atoms with Crippen molar-refractivity contribution in [1.82, 2.24) is 4.90 Å². The number of hydrogen-bond acceptors (Lipinski definition) is 4. The zero-order valence-corrected chi connectivity index (χ0v) is 11.3. The molecule has 0 saturated carbocycles. The standard InChI is InChI=1S/C12H22N2OS/c1-4-14(5-6-15-3)9-11-7-12(8-13)16-10(11)2/h7H,4-6,8-9,13H2,1-3H3. The maximum absolute atomic E-state index is 5.65. The fraction of sp³-hybridized carbons (Fsp3) is 0.667. The Bertz CT molecular complexity index is 312. The fourth-order valence-corrected chi connectivity index (χ4v) is 2.59. The predicted octanol–water partition coefficient (Wildman–Crippen LogP) is 1.98. The van der Waals surface area contributed by atoms with Crippen LogP contribution < -0.4 is 5.73 Å². The van der Waals surface area contributed by atoms with E-state index in [1.807, 2.05) is 11.3 Å². The van der Waals surface area contributed by atoms with Crippen LogP contribution in [0.25, 0.3) is 0 Å². The van der Waals surface area contributed by atoms with Crippen LogP contribution in [-0.2, 0) is 17.8 Å². The molecule has 0 saturated heterocycles. The topological polar surface area (TPSA) is 38.5 Å². The number of nitrogens with zero attached hydrogens (tertiary/aromatic N) is 1. The Morgan fingerprint density at radius 3 is 2.75 bits per heavy atom. The molecule has 0 aromatic carbocycles. The molecule has 0 aliphatic carbocycles. The number of ether oxygens (including phenoxy) is 1. The third-order valence-corrected chi connectivity index (χ3v) is 3.84. The van der Waals surface area contributed by atoms with Gasteiger partial charge in [0.05, 0.1) is 6.61 Å². The first-order chi connectivity index (χ1) is 7.71. The second-order valence-corrected chi connectivity index (χ2v) is 5.20. The van der Waals surface area contributed by atoms with Crippen LogP contribution in [0.3, 0.4) is 0 Å². The van der Waals surface area contributed by atoms with Crippen molar-refractivity contribution in [3.8, 4) is 0 Å². The van der Waals surface area contributed by atoms with Crippen LogP contribution in [-0.4, -0.2) is 31.7 Å². The Morgan fingerprint density at radius 1 is 1.50 bits per heavy atom. The molecule has 1 aromatic rings. The molecule has 2 N–H and O–H groups in total. The SMILES string of the molecule is CCN(CCOC)Cc1cc(CN)sc1C. The highest BCUT2D eigenvalue weighted by molar-refractivity contribution is 7.12. The lowest BCUT2D eigenvalue weighted by Gasteiger charge is -2.19. The Balaban J connectivity index is 2.58. The maximum Gasteiger partial charge on any atom is 0.0589 e. The van der Waals surface area contributed by atoms with E-state index in [4.69, 9.17) is 10.5 Å². The van der Waals surface area contributed by atoms with E-state index in [0.29, 0.717) is 6.54 Å². The lowest BCUT2D eigenvalue weighted by molar-refractivity contribution is 0.147. The minimum absolute atomic E-state index is 0.649. The van der Waals surface area contributed by atoms with Crippen LogP contribution in [0.15, 0.2) is 6.07 Å². The third kappa shape index (κ3) is 3.87. The Morgan fingerprint density at radius 2 is 2.25 bits per heavy atom. The smallest absolute Gasteiger partial charge is 0.0589 e. The zero-order chi connectivity index (χ0) is 12.0. The second kappa shape index (κ2) is 7.01. The molecule has 1 rings (SSSR count). The van der Waals surface area contributed by atoms with E-state index in [2.05, 4.69) is 24.8 Å². The van der Waals surface area contributed by atoms with Crippen molar-refractivity contribution >= 4 is 11.3 Å². The molecular weight excluding hydrogens is 220 g/mol. The monoisotopic (exact) mass is 242 g/mol. The highest BCUT2D eigenvalue weighted by Gasteiger charge is 2.08. The van der Waals surface area contributed by atoms with Gasteiger partial charge in [0, 0.05) is 36.5 Å². The van der Waals surface area contributed by atoms with Crippen LogP contribution in [0.4, 0.5) is 0 Å². The number of methoxy groups -OCH3 is 1. The van der Waals surface area contributed by atoms with Crippen LogP contribution in [0.5, 0.6) is 0 Å². The first kappa shape index (κ1) is 13.6. The van der Waals surface area contributed by atoms with Crippen LogP contribution in [0.1, 0.15) is 22.2 Å². The van der Waals surface area contributed by atoms with E-state index in [0.717, 1.165) is 26.2 Å². The Hall–Kier alpha value is -0.420. The molecule has 1 aromatic heterocycles. The average molecular weight is 242 g/mol. The van der Waals surface area contributed by atoms with Crippen molar-refractivity contribution in [2.45, 2.75) is 26.9 Å². The van der Waals surface area contributed by atoms with E-state index in [1.165, 1.54) is 15.3 Å². The number of rotatable bonds is 7. The van der Waals surface area contributed by atoms with Gasteiger partial charge in [-0.15, -0.1) is 11.3 Å². The van der Waals surface area contributed by atoms with Crippen molar-refractivity contribution in [1.29, 1.82) is 0 Å². The first-order valence-corrected chi connectivity index (χ1v) is 6.52. The van der Waals surface area contributed by atoms with Gasteiger partial charge in [-0.3, -0.25) is 4.90 Å². The van der Waals surface area contributed by atoms with Crippen LogP contribution >= 0.6 is 11.3 Å². The molecule has 0 amide bonds. The lowest BCUT2D eigenvalue weighted by atomic mass is 10.2. The Labute approximate surface area is 102 Å². The molecule has 3 nitrogen and oxygen atoms in total. The van der Waals surface area contributed by atoms with Gasteiger partial charge in [0.15, 0.2) is 0 Å². The van der Waals surface area contributed by atoms with Crippen molar-refractivity contribution in [2.75, 3.05) is 26.8 Å². The molecule has 4 heteroatoms. The first-order valence-electron chi connectivity index (χ1n) is 5.70. The molecule has 0 spiro atoms. The summed E-state index contributed by atoms with van der Waals surface area (Å²) in [6.07, 6.45) is 0. The minimum atomic E-state index is 0.649. The molecule has 92 valence electrons. The summed E-state index contributed by atoms with van der Waals surface area (Å²) in [5, 5.41) is 0. The molecule has 0 aliphatic rings. The number of nitrogens with two attached hydrogens (primary N) is 1. The molecule has 0 fully saturated rings. The summed E-state index contributed by atoms with van der Waals surface area (Å²) in [5.74, 6) is 0. The van der Waals surface area contributed by atoms with E-state index in [-0.39, 0.29) is 0 Å². The van der Waals surface area contributed by atoms with E-state index < -0.39 is 0 Å². The van der Waals surface area contributed by atoms with Gasteiger partial charge in [0.2, 0.25) is 0 Å². The van der Waals surface area contributed by atoms with Gasteiger partial charge in [-0.25, -0.2) is 0 Å². The molecule has 0 unspecified atom stereocenters. The summed E-state index contributed by atoms with van der Waals surface area (Å²) in [7, 11) is 1.75. The van der Waals surface area contributed by atoms with Crippen molar-refractivity contribution < 1.29 is 4.74 Å². The fourth-order valence-electron chi connectivity index (χ4n) is 1.66. The van der Waals surface area contributed by atoms with Gasteiger partial charge < -0.3 is 10.5 Å². The molecule has 16 heavy (non-hydrogen) atoms. The largest absolute Gasteiger partial charge is 0.383 e. The summed E-state index contributed by atoms with van der Waals surface area (Å²) in [6, 6.07) is 2.23. The van der Waals surface area contributed by atoms with Crippen molar-refractivity contribution in [3.63, 3.8) is 0 Å². The molecule has 0 radical (unpaired) electrons. The van der Waals surface area contributed by atoms with E-state index >= 15 is 0 Å². The Kier molecular flexibility index (Phi) is 5.98. The average Bonchev–Trinajstić information content (AvgIpc) is 2.65. The number of aryl methyl sites for hydroxylation is 1. The maximum atomic E-state index is 5.65. The highest BCUT2D eigenvalue weighted by atomic mass is 32.1. The normalized spacial score (nSPS) is 11.3. The summed E-state index contributed by atoms with van der Waals surface area (Å²) in [6.45, 7) is 8.83. The summed E-state index contributed by atoms with van der Waals surface area (Å²) >= 11 is 1.81. The molecule has 1 heterocycles. The molecule has 0 atom stereocenters. The summed E-state index contributed by atoms with van der Waals surface area (Å²) < 4.78 is 5.11. The molecular formula is C12H22N2OS. The number of likely N-dealkylation sites (N-methyl/N-ethyl adjacent to an activating group) is 1. The van der Waals surface area contributed by atoms with Crippen molar-refractivity contribution in [2.24, 2.45) is 5.73 Å². The highest BCUT2D eigenvalue weighted by Crippen LogP contribution is 2.22. The summed E-state index contributed by atoms with van der Waals surface area (Å²) in [5.41, 5.74) is 7.06. The van der Waals surface area contributed by atoms with E-state index in [1.54, 1.807) is 7.11 Å². The molecule has 0 aliphatic heterocycles. The minimum Gasteiger partial charge on any atom is -0.383 e. The van der Waals surface area contributed by atoms with Crippen LogP contribution in [0.2, 0.25) is 0 Å². The number of hydrogen-bond donors (Lipinski definition) is 1. The third-order valence-electron chi connectivity index (χ3n) is 2.73. The summed E-state index contributed by atoms with van der Waals surface area (Å²) in [4.78, 5) is 5.05. The van der Waals surface area contributed by atoms with E-state index in [9.17, 15) is 0 Å². The quantitative estimate of drug-likeness (QED) is 0.794. The van der Waals surface area contributed by atoms with Gasteiger partial charge in [0.1, 0.15) is 0 Å². The van der Waals surface area contributed by atoms with Gasteiger partial charge in [-0.05, 0) is 25.1 Å². The van der Waals surface area contributed by atoms with Gasteiger partial charge in [0.25, 0.3) is 0 Å². The van der Waals surface area contributed by atoms with Crippen molar-refractivity contribution in [3.05, 3.63) is 21.4 Å².